The van der Waals surface area contributed by atoms with Crippen molar-refractivity contribution in [1.82, 2.24) is 19.9 Å². The quantitative estimate of drug-likeness (QED) is 0.130. The van der Waals surface area contributed by atoms with E-state index in [2.05, 4.69) is 44.2 Å². The molecule has 4 nitrogen and oxygen atoms in total. The van der Waals surface area contributed by atoms with Crippen LogP contribution in [-0.2, 0) is 102 Å². The van der Waals surface area contributed by atoms with Crippen molar-refractivity contribution >= 4 is 32.4 Å². The molecular weight excluding hydrogens is 2390 g/mol. The van der Waals surface area contributed by atoms with E-state index in [1.807, 2.05) is 48.5 Å². The van der Waals surface area contributed by atoms with Gasteiger partial charge in [-0.3, -0.25) is 4.98 Å². The number of halogens is 24. The maximum absolute atomic E-state index is 14.2. The van der Waals surface area contributed by atoms with E-state index in [0.717, 1.165) is 75.5 Å². The van der Waals surface area contributed by atoms with Gasteiger partial charge in [0.2, 0.25) is 0 Å². The molecule has 19 rings (SSSR count). The van der Waals surface area contributed by atoms with Crippen molar-refractivity contribution in [2.45, 2.75) is 71.1 Å². The Morgan fingerprint density at radius 3 is 0.944 bits per heavy atom. The van der Waals surface area contributed by atoms with Crippen molar-refractivity contribution in [1.29, 1.82) is 0 Å². The zero-order valence-corrected chi connectivity index (χ0v) is 71.3. The number of nitrogens with zero attached hydrogens (tertiary/aromatic N) is 4. The van der Waals surface area contributed by atoms with E-state index in [-0.39, 0.29) is 125 Å². The molecule has 124 heavy (non-hydrogen) atoms. The third-order valence-corrected chi connectivity index (χ3v) is 22.0. The average Bonchev–Trinajstić information content (AvgIpc) is 1.54. The van der Waals surface area contributed by atoms with Crippen LogP contribution in [0.3, 0.4) is 0 Å². The number of hydrogen-bond acceptors (Lipinski definition) is 4. The van der Waals surface area contributed by atoms with Crippen molar-refractivity contribution in [3.63, 3.8) is 0 Å². The molecule has 4 aromatic heterocycles. The van der Waals surface area contributed by atoms with E-state index in [0.29, 0.717) is 50.5 Å². The minimum atomic E-state index is -5.58. The molecule has 32 heteroatoms. The Bertz CT molecular complexity index is 6280. The third kappa shape index (κ3) is 14.6. The number of benzene rings is 11. The molecule has 0 fully saturated rings. The predicted octanol–water partition coefficient (Wildman–Crippen LogP) is 27.2. The first kappa shape index (κ1) is 92.9. The van der Waals surface area contributed by atoms with Gasteiger partial charge in [-0.15, -0.1) is 95.1 Å². The molecule has 4 heterocycles. The second kappa shape index (κ2) is 33.2. The molecule has 0 N–H and O–H groups in total. The van der Waals surface area contributed by atoms with Gasteiger partial charge in [0.05, 0.1) is 5.52 Å². The number of alkyl halides is 24. The van der Waals surface area contributed by atoms with Crippen LogP contribution >= 0.6 is 0 Å². The summed E-state index contributed by atoms with van der Waals surface area (Å²) >= 11 is 0. The Hall–Kier alpha value is -10.3. The molecule has 0 unspecified atom stereocenters. The van der Waals surface area contributed by atoms with Gasteiger partial charge < -0.3 is 15.0 Å². The van der Waals surface area contributed by atoms with Gasteiger partial charge in [0.1, 0.15) is 0 Å². The molecule has 0 atom stereocenters. The van der Waals surface area contributed by atoms with E-state index in [1.165, 1.54) is 103 Å². The molecule has 15 aromatic rings. The van der Waals surface area contributed by atoms with Gasteiger partial charge in [-0.05, 0) is 112 Å². The van der Waals surface area contributed by atoms with E-state index in [4.69, 9.17) is 0 Å². The topological polar surface area (TPSA) is 51.6 Å². The Balaban J connectivity index is 0.000000149. The second-order valence-electron chi connectivity index (χ2n) is 28.3. The molecule has 4 aliphatic rings. The number of para-hydroxylation sites is 1. The number of pyridine rings is 4. The van der Waals surface area contributed by atoms with Gasteiger partial charge in [0.25, 0.3) is 0 Å². The molecule has 0 saturated carbocycles. The van der Waals surface area contributed by atoms with E-state index >= 15 is 0 Å². The smallest absolute Gasteiger partial charge is 0.305 e. The third-order valence-electron chi connectivity index (χ3n) is 22.0. The summed E-state index contributed by atoms with van der Waals surface area (Å²) < 4.78 is 338. The van der Waals surface area contributed by atoms with Crippen molar-refractivity contribution in [3.05, 3.63) is 348 Å². The van der Waals surface area contributed by atoms with E-state index in [1.54, 1.807) is 79.1 Å². The van der Waals surface area contributed by atoms with Crippen molar-refractivity contribution < 1.29 is 186 Å². The normalized spacial score (nSPS) is 14.6. The van der Waals surface area contributed by atoms with Crippen molar-refractivity contribution in [3.8, 4) is 89.5 Å². The Morgan fingerprint density at radius 2 is 0.548 bits per heavy atom. The van der Waals surface area contributed by atoms with Gasteiger partial charge in [-0.1, -0.05) is 239 Å². The van der Waals surface area contributed by atoms with Crippen LogP contribution in [0.1, 0.15) is 44.5 Å². The Kier molecular flexibility index (Phi) is 24.9. The number of hydrogen-bond donors (Lipinski definition) is 0. The summed E-state index contributed by atoms with van der Waals surface area (Å²) in [7, 11) is 0. The van der Waals surface area contributed by atoms with Crippen LogP contribution < -0.4 is 0 Å². The van der Waals surface area contributed by atoms with Gasteiger partial charge in [0, 0.05) is 99.0 Å². The van der Waals surface area contributed by atoms with Crippen molar-refractivity contribution in [2.75, 3.05) is 0 Å². The summed E-state index contributed by atoms with van der Waals surface area (Å²) in [5.74, 6) is 0. The van der Waals surface area contributed by atoms with Crippen LogP contribution in [0.15, 0.2) is 279 Å². The Morgan fingerprint density at radius 1 is 0.226 bits per heavy atom. The summed E-state index contributed by atoms with van der Waals surface area (Å²) in [5, 5.41) is 4.16. The fraction of sp³-hybridized carbons (Fsp3) is 0.130. The molecule has 11 aromatic carbocycles. The average molecular weight is 2430 g/mol. The summed E-state index contributed by atoms with van der Waals surface area (Å²) in [5.41, 5.74) is -20.3. The molecule has 4 aliphatic carbocycles. The first-order valence-corrected chi connectivity index (χ1v) is 35.8. The largest absolute Gasteiger partial charge is 0.403 e. The molecule has 0 bridgehead atoms. The van der Waals surface area contributed by atoms with Crippen LogP contribution in [-0.4, -0.2) is 69.3 Å². The molecule has 4 radical (unpaired) electrons. The van der Waals surface area contributed by atoms with Crippen LogP contribution in [0, 0.1) is 24.3 Å². The maximum Gasteiger partial charge on any atom is 0.403 e. The van der Waals surface area contributed by atoms with Crippen molar-refractivity contribution in [2.24, 2.45) is 0 Å². The van der Waals surface area contributed by atoms with Gasteiger partial charge in [-0.2, -0.15) is 105 Å². The summed E-state index contributed by atoms with van der Waals surface area (Å²) in [6.45, 7) is 0. The minimum Gasteiger partial charge on any atom is -0.305 e. The first-order valence-electron chi connectivity index (χ1n) is 35.8. The number of aromatic nitrogens is 4. The predicted molar refractivity (Wildman–Crippen MR) is 400 cm³/mol. The number of rotatable bonds is 4. The van der Waals surface area contributed by atoms with Crippen LogP contribution in [0.5, 0.6) is 0 Å². The second-order valence-corrected chi connectivity index (χ2v) is 28.3. The maximum atomic E-state index is 14.2. The van der Waals surface area contributed by atoms with E-state index in [9.17, 15) is 105 Å². The molecule has 0 amide bonds. The fourth-order valence-corrected chi connectivity index (χ4v) is 16.8. The zero-order chi connectivity index (χ0) is 85.5. The first-order chi connectivity index (χ1) is 56.6. The van der Waals surface area contributed by atoms with Gasteiger partial charge in [0.15, 0.2) is 21.7 Å². The fourth-order valence-electron chi connectivity index (χ4n) is 16.8. The Labute approximate surface area is 741 Å². The summed E-state index contributed by atoms with van der Waals surface area (Å²) in [6, 6.07) is 71.9. The van der Waals surface area contributed by atoms with Crippen LogP contribution in [0.2, 0.25) is 0 Å². The van der Waals surface area contributed by atoms with Gasteiger partial charge >= 0.3 is 49.4 Å². The van der Waals surface area contributed by atoms with Crippen LogP contribution in [0.4, 0.5) is 105 Å². The summed E-state index contributed by atoms with van der Waals surface area (Å²) in [6.07, 6.45) is -40.0. The van der Waals surface area contributed by atoms with E-state index < -0.39 is 116 Å². The zero-order valence-electron chi connectivity index (χ0n) is 61.8. The number of fused-ring (bicyclic) bond motifs is 15. The van der Waals surface area contributed by atoms with Gasteiger partial charge in [-0.25, -0.2) is 0 Å². The standard InChI is InChI=1S/3C24H12F6N.C20H10F6N.4Ir/c25-23(26,27)22(24(28,29)30)18-7-3-2-6-16(18)17-13-15(9-11-19(17)22)21-12-10-14-5-1-4-8-20(14)31-21;25-23(26,27)22(24(28,29)30)19-8-4-3-7-17(19)18-11-15(9-10-20(18)22)21-12-14-5-1-2-6-16(14)13-31-21;25-23(26,27)22(24(28,29)30)19-8-4-3-7-17(19)18-13-15(9-10-20(18)22)21-16-6-2-1-5-14(16)11-12-31-21;21-19(22,23)18(20(24,25)26)15-6-2-1-5-13(15)14-11-12(8-9-16(14)18)17-7-3-4-10-27-17;;;;/h3*1-8,10-13H;1-7,9-11H;;;;/q4*-1;;;;. The molecule has 0 saturated heterocycles. The molecule has 0 spiro atoms. The van der Waals surface area contributed by atoms with Crippen LogP contribution in [0.25, 0.3) is 122 Å². The summed E-state index contributed by atoms with van der Waals surface area (Å²) in [4.78, 5) is 17.2. The molecule has 0 aliphatic heterocycles. The minimum absolute atomic E-state index is 0. The molecule has 642 valence electrons. The SMILES string of the molecule is FC(F)(F)C1(C(F)(F)F)c2c[c-]c(-c3cc4ccccc4cn3)cc2-c2ccccc21.FC(F)(F)C1(C(F)(F)F)c2c[c-]c(-c3ccc4ccccc4n3)cc2-c2ccccc21.FC(F)(F)C1(C(F)(F)F)c2c[c-]c(-c3ccccn3)cc2-c2ccccc21.FC(F)(F)C1(C(F)(F)F)c2c[c-]c(-c3nccc4ccccc34)cc2-c2ccccc21.[Ir].[Ir].[Ir].[Ir]. The molecular formula is C92H46F24Ir4N4-4. The monoisotopic (exact) mass is 2430 g/mol.